The van der Waals surface area contributed by atoms with E-state index in [1.165, 1.54) is 12.1 Å². The van der Waals surface area contributed by atoms with Crippen molar-refractivity contribution in [1.82, 2.24) is 9.97 Å². The Morgan fingerprint density at radius 1 is 1.24 bits per heavy atom. The third-order valence-electron chi connectivity index (χ3n) is 2.34. The van der Waals surface area contributed by atoms with Gasteiger partial charge in [0, 0.05) is 18.7 Å². The first kappa shape index (κ1) is 16.4. The first-order chi connectivity index (χ1) is 9.99. The van der Waals surface area contributed by atoms with Crippen LogP contribution in [-0.4, -0.2) is 16.6 Å². The van der Waals surface area contributed by atoms with Crippen LogP contribution in [0.4, 0.5) is 4.39 Å². The van der Waals surface area contributed by atoms with E-state index in [1.807, 2.05) is 6.92 Å². The first-order valence-electron chi connectivity index (χ1n) is 5.93. The Kier molecular flexibility index (Phi) is 5.75. The van der Waals surface area contributed by atoms with Gasteiger partial charge in [0.1, 0.15) is 23.3 Å². The third-order valence-corrected chi connectivity index (χ3v) is 3.45. The highest BCUT2D eigenvalue weighted by Gasteiger charge is 2.11. The number of hydrogen-bond acceptors (Lipinski definition) is 4. The van der Waals surface area contributed by atoms with Gasteiger partial charge in [-0.25, -0.2) is 9.37 Å². The molecule has 0 fully saturated rings. The Morgan fingerprint density at radius 3 is 2.71 bits per heavy atom. The number of benzene rings is 1. The van der Waals surface area contributed by atoms with Crippen molar-refractivity contribution in [2.45, 2.75) is 13.5 Å². The summed E-state index contributed by atoms with van der Waals surface area (Å²) in [6.07, 6.45) is 0. The number of rotatable bonds is 5. The van der Waals surface area contributed by atoms with Gasteiger partial charge < -0.3 is 9.47 Å². The van der Waals surface area contributed by atoms with Gasteiger partial charge in [0.25, 0.3) is 0 Å². The van der Waals surface area contributed by atoms with Gasteiger partial charge in [-0.15, -0.1) is 0 Å². The largest absolute Gasteiger partial charge is 0.438 e. The number of ether oxygens (including phenoxy) is 2. The average molecular weight is 396 g/mol. The molecular formula is C13H10BrCl2FN2O2. The van der Waals surface area contributed by atoms with Crippen molar-refractivity contribution in [1.29, 1.82) is 0 Å². The lowest BCUT2D eigenvalue weighted by atomic mass is 10.3. The van der Waals surface area contributed by atoms with E-state index in [2.05, 4.69) is 25.9 Å². The van der Waals surface area contributed by atoms with E-state index in [9.17, 15) is 4.39 Å². The van der Waals surface area contributed by atoms with Gasteiger partial charge in [0.15, 0.2) is 5.82 Å². The Labute approximate surface area is 139 Å². The lowest BCUT2D eigenvalue weighted by molar-refractivity contribution is 0.128. The number of halogens is 4. The predicted octanol–water partition coefficient (Wildman–Crippen LogP) is 5.01. The lowest BCUT2D eigenvalue weighted by Crippen LogP contribution is -2.01. The molecule has 0 atom stereocenters. The van der Waals surface area contributed by atoms with Gasteiger partial charge in [-0.2, -0.15) is 4.98 Å². The van der Waals surface area contributed by atoms with E-state index in [-0.39, 0.29) is 28.4 Å². The van der Waals surface area contributed by atoms with E-state index in [0.717, 1.165) is 6.07 Å². The third kappa shape index (κ3) is 4.51. The number of nitrogens with zero attached hydrogens (tertiary/aromatic N) is 2. The molecular weight excluding hydrogens is 386 g/mol. The Bertz CT molecular complexity index is 658. The van der Waals surface area contributed by atoms with Crippen molar-refractivity contribution in [2.24, 2.45) is 0 Å². The Hall–Kier alpha value is -0.950. The van der Waals surface area contributed by atoms with Crippen LogP contribution in [0.5, 0.6) is 11.6 Å². The smallest absolute Gasteiger partial charge is 0.224 e. The topological polar surface area (TPSA) is 44.2 Å². The molecule has 0 radical (unpaired) electrons. The molecule has 0 unspecified atom stereocenters. The quantitative estimate of drug-likeness (QED) is 0.527. The fraction of sp³-hybridized carbons (Fsp3) is 0.231. The molecule has 1 aromatic heterocycles. The molecule has 21 heavy (non-hydrogen) atoms. The summed E-state index contributed by atoms with van der Waals surface area (Å²) in [7, 11) is 0. The summed E-state index contributed by atoms with van der Waals surface area (Å²) in [5, 5.41) is 0.201. The Morgan fingerprint density at radius 2 is 2.00 bits per heavy atom. The van der Waals surface area contributed by atoms with Crippen molar-refractivity contribution < 1.29 is 13.9 Å². The first-order valence-corrected chi connectivity index (χ1v) is 7.48. The van der Waals surface area contributed by atoms with Crippen LogP contribution >= 0.6 is 39.1 Å². The molecule has 0 N–H and O–H groups in total. The highest BCUT2D eigenvalue weighted by Crippen LogP contribution is 2.33. The average Bonchev–Trinajstić information content (AvgIpc) is 2.42. The van der Waals surface area contributed by atoms with Crippen molar-refractivity contribution in [3.05, 3.63) is 44.5 Å². The molecule has 0 saturated carbocycles. The summed E-state index contributed by atoms with van der Waals surface area (Å²) in [5.41, 5.74) is 0. The van der Waals surface area contributed by atoms with Crippen LogP contribution in [0.2, 0.25) is 10.2 Å². The molecule has 0 bridgehead atoms. The van der Waals surface area contributed by atoms with E-state index in [0.29, 0.717) is 16.9 Å². The maximum absolute atomic E-state index is 13.5. The second kappa shape index (κ2) is 7.35. The predicted molar refractivity (Wildman–Crippen MR) is 81.6 cm³/mol. The van der Waals surface area contributed by atoms with Crippen LogP contribution < -0.4 is 4.74 Å². The van der Waals surface area contributed by atoms with Crippen LogP contribution in [0.1, 0.15) is 12.7 Å². The van der Waals surface area contributed by atoms with Crippen molar-refractivity contribution in [3.63, 3.8) is 0 Å². The molecule has 1 aromatic carbocycles. The van der Waals surface area contributed by atoms with Gasteiger partial charge in [0.05, 0.1) is 9.50 Å². The maximum Gasteiger partial charge on any atom is 0.224 e. The van der Waals surface area contributed by atoms with Gasteiger partial charge in [-0.05, 0) is 28.9 Å². The summed E-state index contributed by atoms with van der Waals surface area (Å²) >= 11 is 14.8. The molecule has 2 rings (SSSR count). The molecule has 1 heterocycles. The van der Waals surface area contributed by atoms with Crippen LogP contribution in [0.15, 0.2) is 22.7 Å². The standard InChI is InChI=1S/C13H10BrCl2FN2O2/c1-2-20-6-12-18-11(16)5-13(19-12)21-10-4-9(17)8(15)3-7(10)14/h3-5H,2,6H2,1H3. The molecule has 0 amide bonds. The van der Waals surface area contributed by atoms with Gasteiger partial charge in [-0.3, -0.25) is 0 Å². The molecule has 4 nitrogen and oxygen atoms in total. The zero-order valence-electron chi connectivity index (χ0n) is 10.9. The van der Waals surface area contributed by atoms with Crippen LogP contribution in [0.3, 0.4) is 0 Å². The lowest BCUT2D eigenvalue weighted by Gasteiger charge is -2.09. The van der Waals surface area contributed by atoms with Gasteiger partial charge in [-0.1, -0.05) is 23.2 Å². The van der Waals surface area contributed by atoms with Crippen molar-refractivity contribution in [3.8, 4) is 11.6 Å². The van der Waals surface area contributed by atoms with Gasteiger partial charge >= 0.3 is 0 Å². The van der Waals surface area contributed by atoms with Crippen molar-refractivity contribution >= 4 is 39.1 Å². The second-order valence-corrected chi connectivity index (χ2v) is 5.53. The Balaban J connectivity index is 2.27. The highest BCUT2D eigenvalue weighted by atomic mass is 79.9. The number of aromatic nitrogens is 2. The SMILES string of the molecule is CCOCc1nc(Cl)cc(Oc2cc(F)c(Cl)cc2Br)n1. The maximum atomic E-state index is 13.5. The summed E-state index contributed by atoms with van der Waals surface area (Å²) in [4.78, 5) is 8.15. The van der Waals surface area contributed by atoms with E-state index < -0.39 is 5.82 Å². The molecule has 0 aliphatic carbocycles. The minimum absolute atomic E-state index is 0.00743. The van der Waals surface area contributed by atoms with E-state index >= 15 is 0 Å². The minimum Gasteiger partial charge on any atom is -0.438 e. The van der Waals surface area contributed by atoms with Crippen LogP contribution in [-0.2, 0) is 11.3 Å². The van der Waals surface area contributed by atoms with Crippen LogP contribution in [0.25, 0.3) is 0 Å². The molecule has 112 valence electrons. The second-order valence-electron chi connectivity index (χ2n) is 3.88. The summed E-state index contributed by atoms with van der Waals surface area (Å²) in [6, 6.07) is 3.98. The van der Waals surface area contributed by atoms with Crippen molar-refractivity contribution in [2.75, 3.05) is 6.61 Å². The summed E-state index contributed by atoms with van der Waals surface area (Å²) in [6.45, 7) is 2.60. The normalized spacial score (nSPS) is 10.7. The minimum atomic E-state index is -0.593. The molecule has 0 spiro atoms. The van der Waals surface area contributed by atoms with E-state index in [4.69, 9.17) is 32.7 Å². The molecule has 8 heteroatoms. The molecule has 2 aromatic rings. The molecule has 0 aliphatic rings. The fourth-order valence-electron chi connectivity index (χ4n) is 1.45. The van der Waals surface area contributed by atoms with Gasteiger partial charge in [0.2, 0.25) is 5.88 Å². The highest BCUT2D eigenvalue weighted by molar-refractivity contribution is 9.10. The fourth-order valence-corrected chi connectivity index (χ4v) is 2.36. The summed E-state index contributed by atoms with van der Waals surface area (Å²) in [5.74, 6) is 0.204. The van der Waals surface area contributed by atoms with Crippen LogP contribution in [0, 0.1) is 5.82 Å². The zero-order valence-corrected chi connectivity index (χ0v) is 14.0. The summed E-state index contributed by atoms with van der Waals surface area (Å²) < 4.78 is 24.7. The molecule has 0 aliphatic heterocycles. The monoisotopic (exact) mass is 394 g/mol. The molecule has 0 saturated heterocycles. The zero-order chi connectivity index (χ0) is 15.4. The van der Waals surface area contributed by atoms with E-state index in [1.54, 1.807) is 0 Å². The number of hydrogen-bond donors (Lipinski definition) is 0.